The van der Waals surface area contributed by atoms with E-state index in [0.29, 0.717) is 0 Å². The summed E-state index contributed by atoms with van der Waals surface area (Å²) in [6.07, 6.45) is 0. The Kier molecular flexibility index (Phi) is 3.39. The maximum Gasteiger partial charge on any atom is 0.297 e. The summed E-state index contributed by atoms with van der Waals surface area (Å²) in [6, 6.07) is -12.9. The first-order valence-electron chi connectivity index (χ1n) is 29.7. The first-order chi connectivity index (χ1) is 37.2. The summed E-state index contributed by atoms with van der Waals surface area (Å²) in [6.45, 7) is 8.72. The van der Waals surface area contributed by atoms with Crippen LogP contribution in [0.15, 0.2) is 137 Å². The van der Waals surface area contributed by atoms with Gasteiger partial charge >= 0.3 is 0 Å². The van der Waals surface area contributed by atoms with E-state index in [1.165, 1.54) is 14.4 Å². The van der Waals surface area contributed by atoms with Crippen LogP contribution in [0.5, 0.6) is 0 Å². The predicted octanol–water partition coefficient (Wildman–Crippen LogP) is 12.9. The molecule has 0 radical (unpaired) electrons. The number of furan rings is 1. The van der Waals surface area contributed by atoms with Gasteiger partial charge in [0.15, 0.2) is 0 Å². The van der Waals surface area contributed by atoms with Gasteiger partial charge in [0.1, 0.15) is 5.58 Å². The Balaban J connectivity index is 1.37. The van der Waals surface area contributed by atoms with Crippen LogP contribution >= 0.6 is 11.3 Å². The van der Waals surface area contributed by atoms with Gasteiger partial charge in [-0.25, -0.2) is 0 Å². The molecule has 0 spiro atoms. The Labute approximate surface area is 372 Å². The van der Waals surface area contributed by atoms with Crippen molar-refractivity contribution in [1.82, 2.24) is 4.57 Å². The quantitative estimate of drug-likeness (QED) is 0.155. The van der Waals surface area contributed by atoms with Crippen molar-refractivity contribution in [2.45, 2.75) is 52.4 Å². The fourth-order valence-corrected chi connectivity index (χ4v) is 9.72. The second-order valence-electron chi connectivity index (χ2n) is 16.8. The highest BCUT2D eigenvalue weighted by Gasteiger charge is 2.49. The fourth-order valence-electron chi connectivity index (χ4n) is 8.76. The molecule has 0 N–H and O–H groups in total. The molecule has 13 rings (SSSR count). The van der Waals surface area contributed by atoms with E-state index in [2.05, 4.69) is 0 Å². The molecule has 0 saturated heterocycles. The van der Waals surface area contributed by atoms with E-state index < -0.39 is 138 Å². The molecule has 0 amide bonds. The monoisotopic (exact) mass is 787 g/mol. The largest absolute Gasteiger partial charge is 0.468 e. The minimum absolute atomic E-state index is 0.0126. The lowest BCUT2D eigenvalue weighted by Crippen LogP contribution is -2.61. The van der Waals surface area contributed by atoms with Crippen LogP contribution in [0.3, 0.4) is 0 Å². The van der Waals surface area contributed by atoms with E-state index in [1.54, 1.807) is 41.5 Å². The second kappa shape index (κ2) is 10.8. The normalized spacial score (nSPS) is 19.6. The van der Waals surface area contributed by atoms with Gasteiger partial charge < -0.3 is 18.8 Å². The Morgan fingerprint density at radius 1 is 0.552 bits per heavy atom. The predicted molar refractivity (Wildman–Crippen MR) is 248 cm³/mol. The average molecular weight is 788 g/mol. The summed E-state index contributed by atoms with van der Waals surface area (Å²) in [4.78, 5) is 2.65. The molecule has 58 heavy (non-hydrogen) atoms. The number of hydrogen-bond acceptors (Lipinski definition) is 4. The third kappa shape index (κ3) is 4.06. The molecular weight excluding hydrogens is 725 g/mol. The number of fused-ring (bicyclic) bond motifs is 14. The summed E-state index contributed by atoms with van der Waals surface area (Å²) in [7, 11) is 0. The number of thiophene rings is 1. The number of rotatable bonds is 1. The third-order valence-corrected chi connectivity index (χ3v) is 12.4. The lowest BCUT2D eigenvalue weighted by Gasteiger charge is -2.45. The topological polar surface area (TPSA) is 24.6 Å². The molecule has 0 atom stereocenters. The molecule has 0 aliphatic carbocycles. The van der Waals surface area contributed by atoms with Crippen LogP contribution in [0.4, 0.5) is 34.1 Å². The smallest absolute Gasteiger partial charge is 0.297 e. The van der Waals surface area contributed by atoms with Crippen molar-refractivity contribution >= 4 is 122 Å². The zero-order valence-corrected chi connectivity index (χ0v) is 32.6. The number of hydrogen-bond donors (Lipinski definition) is 0. The number of benzene rings is 7. The molecule has 0 saturated carbocycles. The van der Waals surface area contributed by atoms with Crippen LogP contribution in [0.2, 0.25) is 0 Å². The van der Waals surface area contributed by atoms with E-state index in [0.717, 1.165) is 11.3 Å². The van der Waals surface area contributed by atoms with E-state index in [-0.39, 0.29) is 133 Å². The number of nitrogens with zero attached hydrogens (tertiary/aromatic N) is 3. The van der Waals surface area contributed by atoms with Gasteiger partial charge in [-0.2, -0.15) is 0 Å². The van der Waals surface area contributed by atoms with Gasteiger partial charge in [-0.15, -0.1) is 11.3 Å². The standard InChI is InChI=1S/C52H40BN3OS/c1-51(2,3)29-24-25-42-34(26-29)48-50(57-42)53-35-17-12-21-39-49(35)56(38-20-11-16-32-31-14-7-9-18-36(31)54(39)47(32)38)41-28-30(52(4,5)6)27-40(46(41)53)55(48)37-19-13-23-44-45(37)33-15-8-10-22-43(33)58-44/h7-28H,1-6H3/i7D,8D,9D,10D,11D,12D,13D,14D,15D,16D,17D,18D,19D,20D,21D,22D,23D,24D,25D,26D,27D,28D. The first kappa shape index (κ1) is 18.1. The molecule has 278 valence electrons. The lowest BCUT2D eigenvalue weighted by atomic mass is 9.35. The molecule has 3 aliphatic heterocycles. The van der Waals surface area contributed by atoms with Crippen molar-refractivity contribution in [2.24, 2.45) is 0 Å². The second-order valence-corrected chi connectivity index (χ2v) is 17.9. The summed E-state index contributed by atoms with van der Waals surface area (Å²) in [5.41, 5.74) is -5.25. The Morgan fingerprint density at radius 2 is 1.21 bits per heavy atom. The van der Waals surface area contributed by atoms with Gasteiger partial charge in [0, 0.05) is 47.7 Å². The fraction of sp³-hybridized carbons (Fsp3) is 0.154. The Bertz CT molecular complexity index is 4740. The van der Waals surface area contributed by atoms with Gasteiger partial charge in [-0.05, 0) is 93.3 Å². The zero-order valence-electron chi connectivity index (χ0n) is 53.7. The van der Waals surface area contributed by atoms with Crippen LogP contribution in [0.1, 0.15) is 82.8 Å². The average Bonchev–Trinajstić information content (AvgIpc) is 2.25. The van der Waals surface area contributed by atoms with Gasteiger partial charge in [0.2, 0.25) is 0 Å². The number of para-hydroxylation sites is 3. The lowest BCUT2D eigenvalue weighted by molar-refractivity contribution is 0.590. The van der Waals surface area contributed by atoms with Crippen molar-refractivity contribution in [3.63, 3.8) is 0 Å². The highest BCUT2D eigenvalue weighted by Crippen LogP contribution is 2.55. The highest BCUT2D eigenvalue weighted by atomic mass is 32.1. The van der Waals surface area contributed by atoms with E-state index in [4.69, 9.17) is 11.3 Å². The van der Waals surface area contributed by atoms with Crippen molar-refractivity contribution in [2.75, 3.05) is 9.80 Å². The summed E-state index contributed by atoms with van der Waals surface area (Å²) in [5, 5.41) is -0.937. The Morgan fingerprint density at radius 3 is 2.02 bits per heavy atom. The molecule has 4 nitrogen and oxygen atoms in total. The number of aromatic nitrogens is 1. The first-order valence-corrected chi connectivity index (χ1v) is 19.5. The molecule has 0 bridgehead atoms. The van der Waals surface area contributed by atoms with Gasteiger partial charge in [0.25, 0.3) is 6.71 Å². The van der Waals surface area contributed by atoms with Gasteiger partial charge in [-0.1, -0.05) is 114 Å². The minimum Gasteiger partial charge on any atom is -0.468 e. The van der Waals surface area contributed by atoms with E-state index in [9.17, 15) is 23.3 Å². The van der Waals surface area contributed by atoms with Crippen molar-refractivity contribution in [1.29, 1.82) is 0 Å². The molecule has 0 fully saturated rings. The van der Waals surface area contributed by atoms with Gasteiger partial charge in [-0.3, -0.25) is 0 Å². The van der Waals surface area contributed by atoms with Crippen molar-refractivity contribution < 1.29 is 34.6 Å². The van der Waals surface area contributed by atoms with Crippen LogP contribution in [-0.4, -0.2) is 11.3 Å². The van der Waals surface area contributed by atoms with Crippen LogP contribution in [-0.2, 0) is 10.8 Å². The van der Waals surface area contributed by atoms with Crippen LogP contribution in [0.25, 0.3) is 58.6 Å². The number of anilines is 6. The summed E-state index contributed by atoms with van der Waals surface area (Å²) < 4.78 is 217. The maximum atomic E-state index is 10.6. The van der Waals surface area contributed by atoms with Crippen LogP contribution in [0, 0.1) is 0 Å². The molecule has 3 aliphatic rings. The molecule has 7 aromatic carbocycles. The van der Waals surface area contributed by atoms with Crippen molar-refractivity contribution in [3.8, 4) is 5.69 Å². The SMILES string of the molecule is [2H]c1c([2H])c2c3c(c1[2H])-n1c4c([2H])c([2H])c([2H])c([2H])c4c4c([2H])c([2H])c([2H])c(c41)N3c1c([2H])c(C(C)(C)C)c([2H])c3c1B2c1oc2c([2H])c([2H])c(C(C)(C)C)c([2H])c2c1N3c1c([2H])c([2H])c([2H])c2sc3c([2H])c([2H])c([2H])c([2H])c3c12. The highest BCUT2D eigenvalue weighted by molar-refractivity contribution is 7.26. The van der Waals surface area contributed by atoms with E-state index in [1.807, 2.05) is 0 Å². The zero-order chi connectivity index (χ0) is 58.1. The molecule has 0 unspecified atom stereocenters. The van der Waals surface area contributed by atoms with Gasteiger partial charge in [0.05, 0.1) is 75.3 Å². The van der Waals surface area contributed by atoms with E-state index >= 15 is 0 Å². The van der Waals surface area contributed by atoms with Crippen LogP contribution < -0.4 is 26.4 Å². The molecule has 10 aromatic rings. The van der Waals surface area contributed by atoms with Crippen molar-refractivity contribution in [3.05, 3.63) is 144 Å². The molecule has 6 heterocycles. The molecular formula is C52H40BN3OS. The molecule has 3 aromatic heterocycles. The maximum absolute atomic E-state index is 10.6. The minimum atomic E-state index is -1.63. The summed E-state index contributed by atoms with van der Waals surface area (Å²) in [5.74, 6) is 0. The summed E-state index contributed by atoms with van der Waals surface area (Å²) >= 11 is 0.778. The third-order valence-electron chi connectivity index (χ3n) is 11.3. The molecule has 6 heteroatoms. The Hall–Kier alpha value is -6.24.